The lowest BCUT2D eigenvalue weighted by molar-refractivity contribution is 0.102. The molecule has 2 aromatic rings. The van der Waals surface area contributed by atoms with E-state index < -0.39 is 0 Å². The standard InChI is InChI=1S/C10H8FN3OS/c1-6-4-7(11)2-3-8(6)9(15)13-10-14-12-5-16-10/h2-5H,1H3,(H,13,14,15). The van der Waals surface area contributed by atoms with Crippen molar-refractivity contribution in [2.45, 2.75) is 6.92 Å². The first-order chi connectivity index (χ1) is 7.66. The molecule has 0 fully saturated rings. The van der Waals surface area contributed by atoms with Crippen LogP contribution in [0.15, 0.2) is 23.7 Å². The molecule has 0 aliphatic rings. The van der Waals surface area contributed by atoms with E-state index >= 15 is 0 Å². The van der Waals surface area contributed by atoms with Gasteiger partial charge in [-0.1, -0.05) is 11.3 Å². The van der Waals surface area contributed by atoms with Crippen LogP contribution in [0.2, 0.25) is 0 Å². The lowest BCUT2D eigenvalue weighted by Gasteiger charge is -2.04. The zero-order chi connectivity index (χ0) is 11.5. The topological polar surface area (TPSA) is 54.9 Å². The van der Waals surface area contributed by atoms with Crippen molar-refractivity contribution in [3.63, 3.8) is 0 Å². The number of carbonyl (C=O) groups excluding carboxylic acids is 1. The van der Waals surface area contributed by atoms with Gasteiger partial charge < -0.3 is 0 Å². The van der Waals surface area contributed by atoms with E-state index in [1.165, 1.54) is 35.0 Å². The molecule has 0 saturated heterocycles. The maximum absolute atomic E-state index is 12.8. The van der Waals surface area contributed by atoms with Crippen LogP contribution < -0.4 is 5.32 Å². The first-order valence-electron chi connectivity index (χ1n) is 4.50. The highest BCUT2D eigenvalue weighted by atomic mass is 32.1. The van der Waals surface area contributed by atoms with Crippen molar-refractivity contribution in [3.05, 3.63) is 40.7 Å². The molecule has 1 N–H and O–H groups in total. The van der Waals surface area contributed by atoms with E-state index in [0.717, 1.165) is 0 Å². The number of nitrogens with zero attached hydrogens (tertiary/aromatic N) is 2. The third-order valence-electron chi connectivity index (χ3n) is 2.01. The molecule has 1 heterocycles. The molecule has 1 amide bonds. The molecule has 1 aromatic heterocycles. The van der Waals surface area contributed by atoms with Gasteiger partial charge in [0.15, 0.2) is 0 Å². The van der Waals surface area contributed by atoms with Gasteiger partial charge in [0.05, 0.1) is 0 Å². The molecule has 0 saturated carbocycles. The summed E-state index contributed by atoms with van der Waals surface area (Å²) in [5.74, 6) is -0.667. The Hall–Kier alpha value is -1.82. The number of hydrogen-bond acceptors (Lipinski definition) is 4. The first kappa shape index (κ1) is 10.7. The zero-order valence-electron chi connectivity index (χ0n) is 8.40. The Bertz CT molecular complexity index is 513. The highest BCUT2D eigenvalue weighted by Gasteiger charge is 2.10. The van der Waals surface area contributed by atoms with Crippen molar-refractivity contribution in [1.82, 2.24) is 10.2 Å². The predicted octanol–water partition coefficient (Wildman–Crippen LogP) is 2.24. The Balaban J connectivity index is 2.21. The van der Waals surface area contributed by atoms with Gasteiger partial charge in [0.25, 0.3) is 5.91 Å². The minimum Gasteiger partial charge on any atom is -0.296 e. The van der Waals surface area contributed by atoms with Crippen molar-refractivity contribution in [2.75, 3.05) is 5.32 Å². The van der Waals surface area contributed by atoms with E-state index in [4.69, 9.17) is 0 Å². The summed E-state index contributed by atoms with van der Waals surface area (Å²) in [5.41, 5.74) is 2.53. The summed E-state index contributed by atoms with van der Waals surface area (Å²) < 4.78 is 12.8. The molecule has 4 nitrogen and oxygen atoms in total. The number of aromatic nitrogens is 2. The van der Waals surface area contributed by atoms with Gasteiger partial charge in [0.1, 0.15) is 11.3 Å². The van der Waals surface area contributed by atoms with Crippen LogP contribution in [0.1, 0.15) is 15.9 Å². The average Bonchev–Trinajstić information content (AvgIpc) is 2.70. The number of halogens is 1. The van der Waals surface area contributed by atoms with Crippen LogP contribution in [0, 0.1) is 12.7 Å². The summed E-state index contributed by atoms with van der Waals surface area (Å²) in [6.45, 7) is 1.68. The minimum atomic E-state index is -0.357. The summed E-state index contributed by atoms with van der Waals surface area (Å²) >= 11 is 1.23. The largest absolute Gasteiger partial charge is 0.296 e. The Morgan fingerprint density at radius 2 is 2.31 bits per heavy atom. The minimum absolute atomic E-state index is 0.311. The number of carbonyl (C=O) groups is 1. The fourth-order valence-corrected chi connectivity index (χ4v) is 1.71. The monoisotopic (exact) mass is 237 g/mol. The van der Waals surface area contributed by atoms with E-state index in [-0.39, 0.29) is 11.7 Å². The number of nitrogens with one attached hydrogen (secondary N) is 1. The smallest absolute Gasteiger partial charge is 0.257 e. The summed E-state index contributed by atoms with van der Waals surface area (Å²) in [7, 11) is 0. The fourth-order valence-electron chi connectivity index (χ4n) is 1.27. The first-order valence-corrected chi connectivity index (χ1v) is 5.38. The van der Waals surface area contributed by atoms with Gasteiger partial charge in [0, 0.05) is 5.56 Å². The molecular formula is C10H8FN3OS. The van der Waals surface area contributed by atoms with Gasteiger partial charge in [-0.25, -0.2) is 4.39 Å². The van der Waals surface area contributed by atoms with Crippen LogP contribution in [-0.4, -0.2) is 16.1 Å². The highest BCUT2D eigenvalue weighted by Crippen LogP contribution is 2.14. The van der Waals surface area contributed by atoms with E-state index in [1.807, 2.05) is 0 Å². The Labute approximate surface area is 95.1 Å². The molecule has 2 rings (SSSR count). The van der Waals surface area contributed by atoms with Crippen molar-refractivity contribution in [1.29, 1.82) is 0 Å². The fraction of sp³-hybridized carbons (Fsp3) is 0.100. The molecule has 0 radical (unpaired) electrons. The molecule has 82 valence electrons. The Morgan fingerprint density at radius 3 is 2.94 bits per heavy atom. The van der Waals surface area contributed by atoms with Gasteiger partial charge >= 0.3 is 0 Å². The summed E-state index contributed by atoms with van der Waals surface area (Å²) in [5, 5.41) is 10.3. The number of rotatable bonds is 2. The van der Waals surface area contributed by atoms with Crippen LogP contribution in [0.3, 0.4) is 0 Å². The number of benzene rings is 1. The lowest BCUT2D eigenvalue weighted by atomic mass is 10.1. The number of hydrogen-bond donors (Lipinski definition) is 1. The third-order valence-corrected chi connectivity index (χ3v) is 2.62. The molecule has 0 aliphatic carbocycles. The molecule has 6 heteroatoms. The van der Waals surface area contributed by atoms with Crippen molar-refractivity contribution in [2.24, 2.45) is 0 Å². The SMILES string of the molecule is Cc1cc(F)ccc1C(=O)Nc1nncs1. The molecule has 16 heavy (non-hydrogen) atoms. The van der Waals surface area contributed by atoms with E-state index in [0.29, 0.717) is 16.3 Å². The molecule has 0 bridgehead atoms. The molecule has 0 unspecified atom stereocenters. The maximum Gasteiger partial charge on any atom is 0.257 e. The Morgan fingerprint density at radius 1 is 1.50 bits per heavy atom. The number of aryl methyl sites for hydroxylation is 1. The van der Waals surface area contributed by atoms with Crippen LogP contribution >= 0.6 is 11.3 Å². The van der Waals surface area contributed by atoms with E-state index in [2.05, 4.69) is 15.5 Å². The van der Waals surface area contributed by atoms with Gasteiger partial charge in [-0.15, -0.1) is 10.2 Å². The second-order valence-corrected chi connectivity index (χ2v) is 3.99. The van der Waals surface area contributed by atoms with Gasteiger partial charge in [-0.2, -0.15) is 0 Å². The normalized spacial score (nSPS) is 10.1. The van der Waals surface area contributed by atoms with Crippen molar-refractivity contribution >= 4 is 22.4 Å². The molecule has 0 atom stereocenters. The zero-order valence-corrected chi connectivity index (χ0v) is 9.21. The highest BCUT2D eigenvalue weighted by molar-refractivity contribution is 7.13. The van der Waals surface area contributed by atoms with Crippen molar-refractivity contribution < 1.29 is 9.18 Å². The van der Waals surface area contributed by atoms with E-state index in [1.54, 1.807) is 6.92 Å². The second kappa shape index (κ2) is 4.36. The molecule has 0 aliphatic heterocycles. The van der Waals surface area contributed by atoms with Gasteiger partial charge in [0.2, 0.25) is 5.13 Å². The van der Waals surface area contributed by atoms with Crippen LogP contribution in [0.4, 0.5) is 9.52 Å². The molecule has 1 aromatic carbocycles. The predicted molar refractivity (Wildman–Crippen MR) is 59.0 cm³/mol. The number of amides is 1. The molecule has 0 spiro atoms. The molecular weight excluding hydrogens is 229 g/mol. The summed E-state index contributed by atoms with van der Waals surface area (Å²) in [4.78, 5) is 11.7. The quantitative estimate of drug-likeness (QED) is 0.871. The second-order valence-electron chi connectivity index (χ2n) is 3.16. The summed E-state index contributed by atoms with van der Waals surface area (Å²) in [6, 6.07) is 4.01. The lowest BCUT2D eigenvalue weighted by Crippen LogP contribution is -2.13. The summed E-state index contributed by atoms with van der Waals surface area (Å²) in [6.07, 6.45) is 0. The maximum atomic E-state index is 12.8. The van der Waals surface area contributed by atoms with Crippen LogP contribution in [0.25, 0.3) is 0 Å². The van der Waals surface area contributed by atoms with Crippen LogP contribution in [-0.2, 0) is 0 Å². The third kappa shape index (κ3) is 2.22. The van der Waals surface area contributed by atoms with Crippen LogP contribution in [0.5, 0.6) is 0 Å². The van der Waals surface area contributed by atoms with Gasteiger partial charge in [-0.3, -0.25) is 10.1 Å². The Kier molecular flexibility index (Phi) is 2.91. The number of anilines is 1. The van der Waals surface area contributed by atoms with Gasteiger partial charge in [-0.05, 0) is 30.7 Å². The average molecular weight is 237 g/mol. The van der Waals surface area contributed by atoms with E-state index in [9.17, 15) is 9.18 Å². The van der Waals surface area contributed by atoms with Crippen molar-refractivity contribution in [3.8, 4) is 0 Å².